The smallest absolute Gasteiger partial charge is 0.113 e. The lowest BCUT2D eigenvalue weighted by Gasteiger charge is -2.45. The van der Waals surface area contributed by atoms with E-state index in [1.54, 1.807) is 0 Å². The maximum absolute atomic E-state index is 12.4. The molecule has 1 fully saturated rings. The Morgan fingerprint density at radius 3 is 2.53 bits per heavy atom. The van der Waals surface area contributed by atoms with Crippen LogP contribution in [0.4, 0.5) is 5.69 Å². The Morgan fingerprint density at radius 1 is 0.947 bits per heavy atom. The first-order valence-corrected chi connectivity index (χ1v) is 7.94. The Morgan fingerprint density at radius 2 is 1.68 bits per heavy atom. The summed E-state index contributed by atoms with van der Waals surface area (Å²) in [6.45, 7) is 0. The van der Waals surface area contributed by atoms with Crippen LogP contribution in [0, 0.1) is 0 Å². The first kappa shape index (κ1) is 11.4. The Labute approximate surface area is 115 Å². The van der Waals surface area contributed by atoms with Crippen LogP contribution in [0.3, 0.4) is 0 Å². The summed E-state index contributed by atoms with van der Waals surface area (Å²) in [5, 5.41) is 0.201. The Bertz CT molecular complexity index is 653. The lowest BCUT2D eigenvalue weighted by atomic mass is 9.67. The molecule has 2 aliphatic rings. The van der Waals surface area contributed by atoms with E-state index in [4.69, 9.17) is 0 Å². The van der Waals surface area contributed by atoms with Crippen LogP contribution in [0.15, 0.2) is 59.0 Å². The molecule has 96 valence electrons. The molecule has 2 nitrogen and oxygen atoms in total. The molecule has 0 radical (unpaired) electrons. The lowest BCUT2D eigenvalue weighted by molar-refractivity contribution is 0.349. The second-order valence-electron chi connectivity index (χ2n) is 5.31. The fraction of sp³-hybridized carbons (Fsp3) is 0.250. The molecule has 0 bridgehead atoms. The van der Waals surface area contributed by atoms with Crippen molar-refractivity contribution in [1.29, 1.82) is 0 Å². The van der Waals surface area contributed by atoms with E-state index in [-0.39, 0.29) is 5.25 Å². The van der Waals surface area contributed by atoms with Gasteiger partial charge in [-0.15, -0.1) is 4.36 Å². The second kappa shape index (κ2) is 4.29. The van der Waals surface area contributed by atoms with Gasteiger partial charge in [0.25, 0.3) is 0 Å². The highest BCUT2D eigenvalue weighted by molar-refractivity contribution is 7.82. The first-order valence-electron chi connectivity index (χ1n) is 6.66. The van der Waals surface area contributed by atoms with Crippen molar-refractivity contribution in [2.24, 2.45) is 4.36 Å². The average molecular weight is 269 g/mol. The van der Waals surface area contributed by atoms with Gasteiger partial charge < -0.3 is 4.55 Å². The summed E-state index contributed by atoms with van der Waals surface area (Å²) in [4.78, 5) is 0. The summed E-state index contributed by atoms with van der Waals surface area (Å²) < 4.78 is 16.8. The van der Waals surface area contributed by atoms with Crippen molar-refractivity contribution in [3.05, 3.63) is 65.7 Å². The topological polar surface area (TPSA) is 35.4 Å². The molecule has 4 rings (SSSR count). The SMILES string of the molecule is [O-][SH+]1=Nc2ccccc2[C@@H]2CC(c3ccccc3)[C@@H]21. The molecule has 1 saturated carbocycles. The van der Waals surface area contributed by atoms with E-state index in [9.17, 15) is 4.55 Å². The van der Waals surface area contributed by atoms with E-state index in [1.807, 2.05) is 18.2 Å². The van der Waals surface area contributed by atoms with Crippen LogP contribution in [-0.4, -0.2) is 9.80 Å². The summed E-state index contributed by atoms with van der Waals surface area (Å²) >= 11 is 0. The van der Waals surface area contributed by atoms with Crippen LogP contribution in [0.2, 0.25) is 0 Å². The van der Waals surface area contributed by atoms with Crippen molar-refractivity contribution in [1.82, 2.24) is 0 Å². The van der Waals surface area contributed by atoms with Gasteiger partial charge in [0.05, 0.1) is 0 Å². The predicted octanol–water partition coefficient (Wildman–Crippen LogP) is 3.64. The molecular formula is C16H15NOS. The summed E-state index contributed by atoms with van der Waals surface area (Å²) in [7, 11) is -1.48. The average Bonchev–Trinajstić information content (AvgIpc) is 2.40. The van der Waals surface area contributed by atoms with Gasteiger partial charge in [-0.2, -0.15) is 0 Å². The highest BCUT2D eigenvalue weighted by atomic mass is 32.2. The fourth-order valence-corrected chi connectivity index (χ4v) is 5.07. The molecule has 0 N–H and O–H groups in total. The molecule has 0 aromatic heterocycles. The van der Waals surface area contributed by atoms with Crippen molar-refractivity contribution < 1.29 is 4.55 Å². The van der Waals surface area contributed by atoms with E-state index in [0.29, 0.717) is 11.8 Å². The van der Waals surface area contributed by atoms with Crippen molar-refractivity contribution in [2.75, 3.05) is 0 Å². The third-order valence-corrected chi connectivity index (χ3v) is 6.00. The van der Waals surface area contributed by atoms with Gasteiger partial charge in [-0.1, -0.05) is 59.5 Å². The third kappa shape index (κ3) is 1.69. The van der Waals surface area contributed by atoms with Gasteiger partial charge in [-0.05, 0) is 23.6 Å². The highest BCUT2D eigenvalue weighted by Crippen LogP contribution is 2.55. The minimum absolute atomic E-state index is 0.201. The number of nitrogens with zero attached hydrogens (tertiary/aromatic N) is 1. The molecule has 2 unspecified atom stereocenters. The Hall–Kier alpha value is -1.45. The minimum atomic E-state index is -1.48. The molecular weight excluding hydrogens is 254 g/mol. The van der Waals surface area contributed by atoms with Gasteiger partial charge in [0, 0.05) is 11.8 Å². The van der Waals surface area contributed by atoms with Gasteiger partial charge in [0.1, 0.15) is 10.9 Å². The molecule has 0 saturated heterocycles. The van der Waals surface area contributed by atoms with Crippen molar-refractivity contribution >= 4 is 16.7 Å². The number of thiol groups is 1. The van der Waals surface area contributed by atoms with Crippen molar-refractivity contribution in [3.63, 3.8) is 0 Å². The lowest BCUT2D eigenvalue weighted by Crippen LogP contribution is -2.42. The number of hydrogen-bond acceptors (Lipinski definition) is 2. The predicted molar refractivity (Wildman–Crippen MR) is 78.4 cm³/mol. The van der Waals surface area contributed by atoms with E-state index >= 15 is 0 Å². The maximum Gasteiger partial charge on any atom is 0.113 e. The van der Waals surface area contributed by atoms with Crippen LogP contribution < -0.4 is 0 Å². The maximum atomic E-state index is 12.4. The molecule has 4 atom stereocenters. The second-order valence-corrected chi connectivity index (χ2v) is 6.71. The zero-order chi connectivity index (χ0) is 12.8. The van der Waals surface area contributed by atoms with Crippen LogP contribution in [0.1, 0.15) is 29.4 Å². The molecule has 3 heteroatoms. The molecule has 19 heavy (non-hydrogen) atoms. The van der Waals surface area contributed by atoms with Crippen molar-refractivity contribution in [3.8, 4) is 0 Å². The molecule has 2 aromatic rings. The van der Waals surface area contributed by atoms with Crippen LogP contribution >= 0.6 is 0 Å². The van der Waals surface area contributed by atoms with Gasteiger partial charge in [-0.3, -0.25) is 0 Å². The molecule has 0 amide bonds. The van der Waals surface area contributed by atoms with E-state index in [0.717, 1.165) is 12.1 Å². The first-order chi connectivity index (χ1) is 9.34. The van der Waals surface area contributed by atoms with Crippen LogP contribution in [-0.2, 0) is 11.0 Å². The Kier molecular flexibility index (Phi) is 2.57. The number of fused-ring (bicyclic) bond motifs is 3. The minimum Gasteiger partial charge on any atom is -0.632 e. The van der Waals surface area contributed by atoms with Crippen LogP contribution in [0.5, 0.6) is 0 Å². The summed E-state index contributed by atoms with van der Waals surface area (Å²) in [5.41, 5.74) is 3.53. The Balaban J connectivity index is 1.73. The largest absolute Gasteiger partial charge is 0.632 e. The number of para-hydroxylation sites is 1. The van der Waals surface area contributed by atoms with E-state index in [1.165, 1.54) is 11.1 Å². The van der Waals surface area contributed by atoms with Gasteiger partial charge in [0.15, 0.2) is 0 Å². The molecule has 1 heterocycles. The van der Waals surface area contributed by atoms with E-state index < -0.39 is 11.0 Å². The fourth-order valence-electron chi connectivity index (χ4n) is 3.35. The third-order valence-electron chi connectivity index (χ3n) is 4.36. The standard InChI is InChI=1S/C16H15NOS/c18-19-16-13(11-6-2-1-3-7-11)10-14(16)12-8-4-5-9-15(12)17-19/h1-9,13-14,16,19H,10H2/t13?,14-,16-/m0/s1. The molecule has 1 aliphatic heterocycles. The molecule has 0 spiro atoms. The van der Waals surface area contributed by atoms with Gasteiger partial charge in [-0.25, -0.2) is 0 Å². The number of hydrogen-bond donors (Lipinski definition) is 0. The van der Waals surface area contributed by atoms with E-state index in [2.05, 4.69) is 40.8 Å². The molecule has 1 aliphatic carbocycles. The van der Waals surface area contributed by atoms with Crippen molar-refractivity contribution in [2.45, 2.75) is 23.5 Å². The summed E-state index contributed by atoms with van der Waals surface area (Å²) in [5.74, 6) is 0.842. The van der Waals surface area contributed by atoms with Gasteiger partial charge >= 0.3 is 0 Å². The monoisotopic (exact) mass is 269 g/mol. The highest BCUT2D eigenvalue weighted by Gasteiger charge is 2.49. The van der Waals surface area contributed by atoms with Gasteiger partial charge in [0.2, 0.25) is 0 Å². The van der Waals surface area contributed by atoms with Crippen LogP contribution in [0.25, 0.3) is 0 Å². The summed E-state index contributed by atoms with van der Waals surface area (Å²) in [6, 6.07) is 18.6. The zero-order valence-corrected chi connectivity index (χ0v) is 11.3. The normalized spacial score (nSPS) is 31.6. The quantitative estimate of drug-likeness (QED) is 0.575. The number of rotatable bonds is 1. The number of benzene rings is 2. The zero-order valence-electron chi connectivity index (χ0n) is 10.4. The summed E-state index contributed by atoms with van der Waals surface area (Å²) in [6.07, 6.45) is 1.10. The molecule has 2 aromatic carbocycles.